The Morgan fingerprint density at radius 1 is 1.50 bits per heavy atom. The molecule has 4 heteroatoms. The summed E-state index contributed by atoms with van der Waals surface area (Å²) in [6.07, 6.45) is 1.67. The highest BCUT2D eigenvalue weighted by molar-refractivity contribution is 7.09. The van der Waals surface area contributed by atoms with Crippen molar-refractivity contribution in [2.24, 2.45) is 0 Å². The number of aromatic nitrogens is 1. The molecule has 0 radical (unpaired) electrons. The third kappa shape index (κ3) is 2.38. The van der Waals surface area contributed by atoms with Crippen molar-refractivity contribution < 1.29 is 0 Å². The lowest BCUT2D eigenvalue weighted by Gasteiger charge is -2.16. The topological polar surface area (TPSA) is 39.9 Å². The predicted molar refractivity (Wildman–Crippen MR) is 65.4 cm³/mol. The zero-order valence-electron chi connectivity index (χ0n) is 8.92. The number of pyridine rings is 1. The van der Waals surface area contributed by atoms with Crippen LogP contribution in [0.4, 0.5) is 5.82 Å². The minimum absolute atomic E-state index is 0.642. The second-order valence-corrected chi connectivity index (χ2v) is 4.48. The molecule has 0 bridgehead atoms. The number of nitriles is 1. The SMILES string of the molecule is CN(Cc1cccs1)c1cc(C#N)ccn1. The van der Waals surface area contributed by atoms with Crippen LogP contribution in [0.5, 0.6) is 0 Å². The molecule has 0 unspecified atom stereocenters. The molecule has 0 fully saturated rings. The molecule has 0 N–H and O–H groups in total. The molecule has 0 spiro atoms. The van der Waals surface area contributed by atoms with Gasteiger partial charge in [0.2, 0.25) is 0 Å². The summed E-state index contributed by atoms with van der Waals surface area (Å²) in [5.74, 6) is 0.826. The maximum atomic E-state index is 8.81. The maximum Gasteiger partial charge on any atom is 0.129 e. The summed E-state index contributed by atoms with van der Waals surface area (Å²) < 4.78 is 0. The fourth-order valence-corrected chi connectivity index (χ4v) is 2.17. The smallest absolute Gasteiger partial charge is 0.129 e. The van der Waals surface area contributed by atoms with E-state index in [0.717, 1.165) is 12.4 Å². The maximum absolute atomic E-state index is 8.81. The van der Waals surface area contributed by atoms with Crippen LogP contribution in [0.25, 0.3) is 0 Å². The van der Waals surface area contributed by atoms with E-state index in [0.29, 0.717) is 5.56 Å². The molecular formula is C12H11N3S. The minimum Gasteiger partial charge on any atom is -0.355 e. The highest BCUT2D eigenvalue weighted by Crippen LogP contribution is 2.16. The molecule has 2 aromatic rings. The molecule has 2 aromatic heterocycles. The first-order chi connectivity index (χ1) is 7.79. The molecule has 0 amide bonds. The van der Waals surface area contributed by atoms with Crippen LogP contribution in [0.1, 0.15) is 10.4 Å². The second-order valence-electron chi connectivity index (χ2n) is 3.45. The zero-order chi connectivity index (χ0) is 11.4. The van der Waals surface area contributed by atoms with E-state index in [1.807, 2.05) is 18.0 Å². The van der Waals surface area contributed by atoms with Gasteiger partial charge in [0.15, 0.2) is 0 Å². The number of nitrogens with zero attached hydrogens (tertiary/aromatic N) is 3. The first-order valence-electron chi connectivity index (χ1n) is 4.89. The van der Waals surface area contributed by atoms with Crippen LogP contribution >= 0.6 is 11.3 Å². The third-order valence-electron chi connectivity index (χ3n) is 2.24. The molecular weight excluding hydrogens is 218 g/mol. The van der Waals surface area contributed by atoms with E-state index in [1.165, 1.54) is 4.88 Å². The quantitative estimate of drug-likeness (QED) is 0.812. The number of anilines is 1. The van der Waals surface area contributed by atoms with Crippen molar-refractivity contribution in [1.82, 2.24) is 4.98 Å². The Labute approximate surface area is 98.6 Å². The molecule has 16 heavy (non-hydrogen) atoms. The summed E-state index contributed by atoms with van der Waals surface area (Å²) in [6.45, 7) is 0.819. The third-order valence-corrected chi connectivity index (χ3v) is 3.10. The average Bonchev–Trinajstić information content (AvgIpc) is 2.82. The summed E-state index contributed by atoms with van der Waals surface area (Å²) in [5.41, 5.74) is 0.642. The van der Waals surface area contributed by atoms with Gasteiger partial charge in [-0.1, -0.05) is 6.07 Å². The van der Waals surface area contributed by atoms with Crippen LogP contribution < -0.4 is 4.90 Å². The van der Waals surface area contributed by atoms with Gasteiger partial charge in [0.05, 0.1) is 18.2 Å². The lowest BCUT2D eigenvalue weighted by Crippen LogP contribution is -2.16. The first-order valence-corrected chi connectivity index (χ1v) is 5.77. The number of hydrogen-bond acceptors (Lipinski definition) is 4. The summed E-state index contributed by atoms with van der Waals surface area (Å²) in [5, 5.41) is 10.9. The van der Waals surface area contributed by atoms with Crippen molar-refractivity contribution in [2.45, 2.75) is 6.54 Å². The second kappa shape index (κ2) is 4.77. The Morgan fingerprint density at radius 2 is 2.38 bits per heavy atom. The molecule has 0 aliphatic heterocycles. The van der Waals surface area contributed by atoms with Gasteiger partial charge in [-0.15, -0.1) is 11.3 Å². The van der Waals surface area contributed by atoms with E-state index in [4.69, 9.17) is 5.26 Å². The van der Waals surface area contributed by atoms with Crippen molar-refractivity contribution in [2.75, 3.05) is 11.9 Å². The van der Waals surface area contributed by atoms with Gasteiger partial charge in [0.1, 0.15) is 5.82 Å². The van der Waals surface area contributed by atoms with Gasteiger partial charge in [0.25, 0.3) is 0 Å². The van der Waals surface area contributed by atoms with E-state index in [9.17, 15) is 0 Å². The fraction of sp³-hybridized carbons (Fsp3) is 0.167. The van der Waals surface area contributed by atoms with Gasteiger partial charge in [-0.3, -0.25) is 0 Å². The molecule has 0 aromatic carbocycles. The first kappa shape index (κ1) is 10.7. The average molecular weight is 229 g/mol. The molecule has 0 atom stereocenters. The van der Waals surface area contributed by atoms with Crippen LogP contribution in [0.3, 0.4) is 0 Å². The van der Waals surface area contributed by atoms with E-state index >= 15 is 0 Å². The minimum atomic E-state index is 0.642. The van der Waals surface area contributed by atoms with Gasteiger partial charge >= 0.3 is 0 Å². The fourth-order valence-electron chi connectivity index (χ4n) is 1.41. The molecule has 0 aliphatic carbocycles. The van der Waals surface area contributed by atoms with Gasteiger partial charge in [-0.2, -0.15) is 5.26 Å². The van der Waals surface area contributed by atoms with Crippen LogP contribution in [-0.2, 0) is 6.54 Å². The summed E-state index contributed by atoms with van der Waals surface area (Å²) in [4.78, 5) is 7.57. The number of rotatable bonds is 3. The van der Waals surface area contributed by atoms with Crippen LogP contribution in [0.15, 0.2) is 35.8 Å². The van der Waals surface area contributed by atoms with Gasteiger partial charge in [-0.05, 0) is 23.6 Å². The lowest BCUT2D eigenvalue weighted by atomic mass is 10.3. The van der Waals surface area contributed by atoms with Crippen molar-refractivity contribution >= 4 is 17.2 Å². The van der Waals surface area contributed by atoms with Crippen molar-refractivity contribution in [3.8, 4) is 6.07 Å². The highest BCUT2D eigenvalue weighted by atomic mass is 32.1. The molecule has 0 saturated heterocycles. The molecule has 2 heterocycles. The molecule has 0 aliphatic rings. The highest BCUT2D eigenvalue weighted by Gasteiger charge is 2.04. The van der Waals surface area contributed by atoms with Crippen LogP contribution in [-0.4, -0.2) is 12.0 Å². The van der Waals surface area contributed by atoms with Crippen molar-refractivity contribution in [3.63, 3.8) is 0 Å². The van der Waals surface area contributed by atoms with Crippen molar-refractivity contribution in [1.29, 1.82) is 5.26 Å². The van der Waals surface area contributed by atoms with Crippen molar-refractivity contribution in [3.05, 3.63) is 46.3 Å². The molecule has 80 valence electrons. The van der Waals surface area contributed by atoms with Gasteiger partial charge in [-0.25, -0.2) is 4.98 Å². The van der Waals surface area contributed by atoms with E-state index in [1.54, 1.807) is 29.7 Å². The van der Waals surface area contributed by atoms with Gasteiger partial charge in [0, 0.05) is 18.1 Å². The van der Waals surface area contributed by atoms with E-state index in [2.05, 4.69) is 22.5 Å². The molecule has 3 nitrogen and oxygen atoms in total. The largest absolute Gasteiger partial charge is 0.355 e. The van der Waals surface area contributed by atoms with Crippen LogP contribution in [0.2, 0.25) is 0 Å². The zero-order valence-corrected chi connectivity index (χ0v) is 9.74. The number of hydrogen-bond donors (Lipinski definition) is 0. The Kier molecular flexibility index (Phi) is 3.18. The monoisotopic (exact) mass is 229 g/mol. The van der Waals surface area contributed by atoms with E-state index in [-0.39, 0.29) is 0 Å². The predicted octanol–water partition coefficient (Wildman–Crippen LogP) is 2.65. The normalized spacial score (nSPS) is 9.75. The Balaban J connectivity index is 2.15. The van der Waals surface area contributed by atoms with E-state index < -0.39 is 0 Å². The summed E-state index contributed by atoms with van der Waals surface area (Å²) >= 11 is 1.72. The number of thiophene rings is 1. The standard InChI is InChI=1S/C12H11N3S/c1-15(9-11-3-2-6-16-11)12-7-10(8-13)4-5-14-12/h2-7H,9H2,1H3. The Hall–Kier alpha value is -1.86. The summed E-state index contributed by atoms with van der Waals surface area (Å²) in [6, 6.07) is 9.75. The van der Waals surface area contributed by atoms with Gasteiger partial charge < -0.3 is 4.90 Å². The summed E-state index contributed by atoms with van der Waals surface area (Å²) in [7, 11) is 1.98. The lowest BCUT2D eigenvalue weighted by molar-refractivity contribution is 0.912. The Morgan fingerprint density at radius 3 is 3.06 bits per heavy atom. The Bertz CT molecular complexity index is 499. The molecule has 2 rings (SSSR count). The van der Waals surface area contributed by atoms with Crippen LogP contribution in [0, 0.1) is 11.3 Å². The molecule has 0 saturated carbocycles.